The molecule has 1 heterocycles. The van der Waals surface area contributed by atoms with E-state index in [1.54, 1.807) is 13.0 Å². The molecule has 98 valence electrons. The lowest BCUT2D eigenvalue weighted by atomic mass is 10.2. The van der Waals surface area contributed by atoms with Crippen molar-refractivity contribution in [2.45, 2.75) is 6.92 Å². The first kappa shape index (κ1) is 13.0. The predicted molar refractivity (Wildman–Crippen MR) is 69.4 cm³/mol. The van der Waals surface area contributed by atoms with Gasteiger partial charge in [0.1, 0.15) is 17.8 Å². The molecule has 19 heavy (non-hydrogen) atoms. The molecule has 7 nitrogen and oxygen atoms in total. The Hall–Kier alpha value is -2.41. The monoisotopic (exact) mass is 280 g/mol. The van der Waals surface area contributed by atoms with Crippen molar-refractivity contribution in [2.75, 3.05) is 5.73 Å². The van der Waals surface area contributed by atoms with Gasteiger partial charge in [-0.3, -0.25) is 10.1 Å². The van der Waals surface area contributed by atoms with Crippen LogP contribution in [0.25, 0.3) is 0 Å². The van der Waals surface area contributed by atoms with E-state index in [2.05, 4.69) is 9.97 Å². The Morgan fingerprint density at radius 3 is 2.84 bits per heavy atom. The van der Waals surface area contributed by atoms with Gasteiger partial charge in [0.15, 0.2) is 5.15 Å². The van der Waals surface area contributed by atoms with Gasteiger partial charge >= 0.3 is 0 Å². The van der Waals surface area contributed by atoms with Gasteiger partial charge in [-0.05, 0) is 13.0 Å². The van der Waals surface area contributed by atoms with E-state index < -0.39 is 4.92 Å². The summed E-state index contributed by atoms with van der Waals surface area (Å²) < 4.78 is 5.45. The number of hydrogen-bond acceptors (Lipinski definition) is 6. The topological polar surface area (TPSA) is 104 Å². The van der Waals surface area contributed by atoms with Crippen molar-refractivity contribution < 1.29 is 9.66 Å². The second kappa shape index (κ2) is 5.07. The average molecular weight is 281 g/mol. The van der Waals surface area contributed by atoms with Gasteiger partial charge in [0, 0.05) is 6.07 Å². The van der Waals surface area contributed by atoms with Crippen LogP contribution in [0.15, 0.2) is 24.5 Å². The van der Waals surface area contributed by atoms with Crippen LogP contribution in [0.4, 0.5) is 11.4 Å². The molecule has 0 radical (unpaired) electrons. The molecule has 0 aliphatic carbocycles. The largest absolute Gasteiger partial charge is 0.436 e. The summed E-state index contributed by atoms with van der Waals surface area (Å²) in [6, 6.07) is 4.48. The van der Waals surface area contributed by atoms with Gasteiger partial charge in [0.05, 0.1) is 10.5 Å². The molecular formula is C11H9ClN4O3. The maximum Gasteiger partial charge on any atom is 0.276 e. The third-order valence-corrected chi connectivity index (χ3v) is 2.76. The molecule has 0 unspecified atom stereocenters. The van der Waals surface area contributed by atoms with E-state index in [0.29, 0.717) is 5.56 Å². The number of nitrogens with zero attached hydrogens (tertiary/aromatic N) is 3. The Balaban J connectivity index is 2.42. The fraction of sp³-hybridized carbons (Fsp3) is 0.0909. The molecule has 1 aromatic carbocycles. The molecule has 2 rings (SSSR count). The lowest BCUT2D eigenvalue weighted by molar-refractivity contribution is -0.385. The van der Waals surface area contributed by atoms with Gasteiger partial charge in [0.2, 0.25) is 5.88 Å². The molecule has 0 aliphatic heterocycles. The molecule has 0 spiro atoms. The zero-order valence-corrected chi connectivity index (χ0v) is 10.6. The van der Waals surface area contributed by atoms with Crippen LogP contribution >= 0.6 is 11.6 Å². The Kier molecular flexibility index (Phi) is 3.48. The molecule has 0 bridgehead atoms. The summed E-state index contributed by atoms with van der Waals surface area (Å²) in [5.41, 5.74) is 6.07. The SMILES string of the molecule is Cc1c(Oc2ncnc(Cl)c2N)cccc1[N+](=O)[O-]. The normalized spacial score (nSPS) is 10.2. The number of nitro benzene ring substituents is 1. The highest BCUT2D eigenvalue weighted by Gasteiger charge is 2.16. The van der Waals surface area contributed by atoms with E-state index in [1.807, 2.05) is 0 Å². The van der Waals surface area contributed by atoms with Crippen LogP contribution in [0.1, 0.15) is 5.56 Å². The maximum absolute atomic E-state index is 10.8. The van der Waals surface area contributed by atoms with Crippen LogP contribution in [0, 0.1) is 17.0 Å². The number of rotatable bonds is 3. The molecule has 2 aromatic rings. The van der Waals surface area contributed by atoms with E-state index in [9.17, 15) is 10.1 Å². The number of nitrogen functional groups attached to an aromatic ring is 1. The van der Waals surface area contributed by atoms with Gasteiger partial charge in [-0.1, -0.05) is 17.7 Å². The van der Waals surface area contributed by atoms with Crippen molar-refractivity contribution in [3.8, 4) is 11.6 Å². The van der Waals surface area contributed by atoms with E-state index in [-0.39, 0.29) is 28.2 Å². The number of nitrogens with two attached hydrogens (primary N) is 1. The van der Waals surface area contributed by atoms with Crippen molar-refractivity contribution in [1.29, 1.82) is 0 Å². The van der Waals surface area contributed by atoms with Crippen LogP contribution in [-0.4, -0.2) is 14.9 Å². The van der Waals surface area contributed by atoms with Crippen LogP contribution in [-0.2, 0) is 0 Å². The zero-order chi connectivity index (χ0) is 14.0. The Bertz CT molecular complexity index is 648. The molecule has 2 N–H and O–H groups in total. The van der Waals surface area contributed by atoms with Crippen LogP contribution in [0.5, 0.6) is 11.6 Å². The molecule has 0 atom stereocenters. The first-order valence-electron chi connectivity index (χ1n) is 5.18. The summed E-state index contributed by atoms with van der Waals surface area (Å²) in [5, 5.41) is 10.9. The number of aromatic nitrogens is 2. The highest BCUT2D eigenvalue weighted by molar-refractivity contribution is 6.32. The van der Waals surface area contributed by atoms with E-state index in [1.165, 1.54) is 18.5 Å². The van der Waals surface area contributed by atoms with E-state index in [0.717, 1.165) is 0 Å². The molecule has 0 saturated carbocycles. The number of anilines is 1. The van der Waals surface area contributed by atoms with Crippen molar-refractivity contribution in [3.05, 3.63) is 45.4 Å². The second-order valence-electron chi connectivity index (χ2n) is 3.64. The first-order valence-corrected chi connectivity index (χ1v) is 5.56. The van der Waals surface area contributed by atoms with Crippen LogP contribution in [0.2, 0.25) is 5.15 Å². The smallest absolute Gasteiger partial charge is 0.276 e. The maximum atomic E-state index is 10.8. The molecule has 0 saturated heterocycles. The number of benzene rings is 1. The van der Waals surface area contributed by atoms with Gasteiger partial charge in [-0.25, -0.2) is 4.98 Å². The minimum atomic E-state index is -0.488. The third kappa shape index (κ3) is 2.55. The van der Waals surface area contributed by atoms with Crippen LogP contribution < -0.4 is 10.5 Å². The summed E-state index contributed by atoms with van der Waals surface area (Å²) in [4.78, 5) is 17.9. The average Bonchev–Trinajstić information content (AvgIpc) is 2.37. The van der Waals surface area contributed by atoms with Gasteiger partial charge in [-0.15, -0.1) is 0 Å². The Morgan fingerprint density at radius 1 is 1.42 bits per heavy atom. The van der Waals surface area contributed by atoms with Crippen molar-refractivity contribution >= 4 is 23.0 Å². The lowest BCUT2D eigenvalue weighted by Gasteiger charge is -2.09. The summed E-state index contributed by atoms with van der Waals surface area (Å²) in [5.74, 6) is 0.347. The molecule has 0 aliphatic rings. The number of nitro groups is 1. The fourth-order valence-corrected chi connectivity index (χ4v) is 1.58. The van der Waals surface area contributed by atoms with Crippen molar-refractivity contribution in [3.63, 3.8) is 0 Å². The number of hydrogen-bond donors (Lipinski definition) is 1. The zero-order valence-electron chi connectivity index (χ0n) is 9.83. The van der Waals surface area contributed by atoms with Gasteiger partial charge < -0.3 is 10.5 Å². The minimum absolute atomic E-state index is 0.0452. The van der Waals surface area contributed by atoms with Crippen molar-refractivity contribution in [2.24, 2.45) is 0 Å². The highest BCUT2D eigenvalue weighted by Crippen LogP contribution is 2.33. The summed E-state index contributed by atoms with van der Waals surface area (Å²) in [7, 11) is 0. The molecule has 1 aromatic heterocycles. The summed E-state index contributed by atoms with van der Waals surface area (Å²) in [6.07, 6.45) is 1.20. The quantitative estimate of drug-likeness (QED) is 0.526. The number of ether oxygens (including phenoxy) is 1. The van der Waals surface area contributed by atoms with Crippen molar-refractivity contribution in [1.82, 2.24) is 9.97 Å². The third-order valence-electron chi connectivity index (χ3n) is 2.46. The van der Waals surface area contributed by atoms with Gasteiger partial charge in [0.25, 0.3) is 5.69 Å². The first-order chi connectivity index (χ1) is 9.00. The predicted octanol–water partition coefficient (Wildman–Crippen LogP) is 2.72. The Labute approximate surface area is 113 Å². The summed E-state index contributed by atoms with van der Waals surface area (Å²) >= 11 is 5.74. The fourth-order valence-electron chi connectivity index (χ4n) is 1.46. The summed E-state index contributed by atoms with van der Waals surface area (Å²) in [6.45, 7) is 1.58. The number of halogens is 1. The second-order valence-corrected chi connectivity index (χ2v) is 4.00. The molecule has 0 amide bonds. The van der Waals surface area contributed by atoms with Crippen LogP contribution in [0.3, 0.4) is 0 Å². The molecular weight excluding hydrogens is 272 g/mol. The highest BCUT2D eigenvalue weighted by atomic mass is 35.5. The van der Waals surface area contributed by atoms with Gasteiger partial charge in [-0.2, -0.15) is 4.98 Å². The standard InChI is InChI=1S/C11H9ClN4O3/c1-6-7(16(17)18)3-2-4-8(6)19-11-9(13)10(12)14-5-15-11/h2-5H,13H2,1H3. The minimum Gasteiger partial charge on any atom is -0.436 e. The lowest BCUT2D eigenvalue weighted by Crippen LogP contribution is -1.99. The molecule has 8 heteroatoms. The van der Waals surface area contributed by atoms with E-state index >= 15 is 0 Å². The van der Waals surface area contributed by atoms with E-state index in [4.69, 9.17) is 22.1 Å². The molecule has 0 fully saturated rings. The Morgan fingerprint density at radius 2 is 2.16 bits per heavy atom.